The molecule has 1 aliphatic heterocycles. The molecule has 17 heavy (non-hydrogen) atoms. The van der Waals surface area contributed by atoms with Gasteiger partial charge in [-0.25, -0.2) is 0 Å². The van der Waals surface area contributed by atoms with Gasteiger partial charge in [0, 0.05) is 26.2 Å². The molecular weight excluding hydrogens is 212 g/mol. The van der Waals surface area contributed by atoms with Gasteiger partial charge in [0.15, 0.2) is 0 Å². The van der Waals surface area contributed by atoms with Gasteiger partial charge < -0.3 is 15.0 Å². The lowest BCUT2D eigenvalue weighted by Gasteiger charge is -2.30. The quantitative estimate of drug-likeness (QED) is 0.872. The molecule has 1 saturated heterocycles. The molecule has 1 aromatic rings. The van der Waals surface area contributed by atoms with Gasteiger partial charge in [-0.15, -0.1) is 0 Å². The van der Waals surface area contributed by atoms with E-state index in [0.717, 1.165) is 38.5 Å². The normalized spacial score (nSPS) is 14.9. The maximum absolute atomic E-state index is 5.63. The Bertz CT molecular complexity index is 309. The van der Waals surface area contributed by atoms with Crippen molar-refractivity contribution in [2.75, 3.05) is 37.7 Å². The predicted molar refractivity (Wildman–Crippen MR) is 74.0 cm³/mol. The SMILES string of the molecule is CC.CCOc1ccccc1N1CCNCC1. The molecule has 0 radical (unpaired) electrons. The number of nitrogens with one attached hydrogen (secondary N) is 1. The summed E-state index contributed by atoms with van der Waals surface area (Å²) in [6.45, 7) is 11.0. The van der Waals surface area contributed by atoms with Crippen LogP contribution in [0, 0.1) is 0 Å². The smallest absolute Gasteiger partial charge is 0.142 e. The average Bonchev–Trinajstić information content (AvgIpc) is 2.43. The first-order valence-corrected chi connectivity index (χ1v) is 6.59. The van der Waals surface area contributed by atoms with Gasteiger partial charge in [0.05, 0.1) is 12.3 Å². The number of piperazine rings is 1. The highest BCUT2D eigenvalue weighted by Gasteiger charge is 2.13. The van der Waals surface area contributed by atoms with E-state index in [-0.39, 0.29) is 0 Å². The summed E-state index contributed by atoms with van der Waals surface area (Å²) in [6.07, 6.45) is 0. The second-order valence-electron chi connectivity index (χ2n) is 3.64. The molecule has 1 heterocycles. The second kappa shape index (κ2) is 7.96. The van der Waals surface area contributed by atoms with E-state index in [1.165, 1.54) is 5.69 Å². The van der Waals surface area contributed by atoms with Crippen molar-refractivity contribution in [1.82, 2.24) is 5.32 Å². The van der Waals surface area contributed by atoms with Gasteiger partial charge in [0.25, 0.3) is 0 Å². The molecule has 0 aliphatic carbocycles. The molecular formula is C14H24N2O. The van der Waals surface area contributed by atoms with Crippen molar-refractivity contribution in [1.29, 1.82) is 0 Å². The number of para-hydroxylation sites is 2. The van der Waals surface area contributed by atoms with Crippen LogP contribution in [0.3, 0.4) is 0 Å². The van der Waals surface area contributed by atoms with Crippen LogP contribution in [-0.4, -0.2) is 32.8 Å². The fourth-order valence-corrected chi connectivity index (χ4v) is 1.90. The molecule has 0 spiro atoms. The molecule has 96 valence electrons. The van der Waals surface area contributed by atoms with Crippen LogP contribution < -0.4 is 15.0 Å². The summed E-state index contributed by atoms with van der Waals surface area (Å²) < 4.78 is 5.63. The zero-order valence-corrected chi connectivity index (χ0v) is 11.2. The van der Waals surface area contributed by atoms with Crippen molar-refractivity contribution in [3.63, 3.8) is 0 Å². The van der Waals surface area contributed by atoms with Crippen LogP contribution in [0.4, 0.5) is 5.69 Å². The molecule has 0 unspecified atom stereocenters. The lowest BCUT2D eigenvalue weighted by Crippen LogP contribution is -2.43. The highest BCUT2D eigenvalue weighted by atomic mass is 16.5. The Morgan fingerprint density at radius 1 is 1.18 bits per heavy atom. The standard InChI is InChI=1S/C12H18N2O.C2H6/c1-2-15-12-6-4-3-5-11(12)14-9-7-13-8-10-14;1-2/h3-6,13H,2,7-10H2,1H3;1-2H3. The fourth-order valence-electron chi connectivity index (χ4n) is 1.90. The Kier molecular flexibility index (Phi) is 6.48. The van der Waals surface area contributed by atoms with E-state index in [2.05, 4.69) is 22.3 Å². The Labute approximate surface area is 105 Å². The first kappa shape index (κ1) is 13.8. The molecule has 1 fully saturated rings. The molecule has 0 atom stereocenters. The van der Waals surface area contributed by atoms with Gasteiger partial charge in [-0.1, -0.05) is 26.0 Å². The van der Waals surface area contributed by atoms with Crippen molar-refractivity contribution >= 4 is 5.69 Å². The van der Waals surface area contributed by atoms with E-state index >= 15 is 0 Å². The predicted octanol–water partition coefficient (Wildman–Crippen LogP) is 2.52. The van der Waals surface area contributed by atoms with Crippen LogP contribution in [0.1, 0.15) is 20.8 Å². The molecule has 0 saturated carbocycles. The monoisotopic (exact) mass is 236 g/mol. The molecule has 0 bridgehead atoms. The number of hydrogen-bond donors (Lipinski definition) is 1. The van der Waals surface area contributed by atoms with Crippen LogP contribution in [-0.2, 0) is 0 Å². The third-order valence-electron chi connectivity index (χ3n) is 2.62. The van der Waals surface area contributed by atoms with Crippen LogP contribution in [0.5, 0.6) is 5.75 Å². The number of benzene rings is 1. The summed E-state index contributed by atoms with van der Waals surface area (Å²) in [7, 11) is 0. The number of nitrogens with zero attached hydrogens (tertiary/aromatic N) is 1. The van der Waals surface area contributed by atoms with E-state index in [0.29, 0.717) is 0 Å². The van der Waals surface area contributed by atoms with Crippen molar-refractivity contribution in [3.8, 4) is 5.75 Å². The van der Waals surface area contributed by atoms with Gasteiger partial charge in [-0.2, -0.15) is 0 Å². The lowest BCUT2D eigenvalue weighted by molar-refractivity contribution is 0.340. The lowest BCUT2D eigenvalue weighted by atomic mass is 10.2. The van der Waals surface area contributed by atoms with Gasteiger partial charge in [0.1, 0.15) is 5.75 Å². The van der Waals surface area contributed by atoms with Crippen LogP contribution in [0.2, 0.25) is 0 Å². The maximum atomic E-state index is 5.63. The van der Waals surface area contributed by atoms with Crippen molar-refractivity contribution < 1.29 is 4.74 Å². The molecule has 3 heteroatoms. The summed E-state index contributed by atoms with van der Waals surface area (Å²) in [5, 5.41) is 3.35. The molecule has 1 aromatic carbocycles. The summed E-state index contributed by atoms with van der Waals surface area (Å²) in [6, 6.07) is 8.27. The second-order valence-corrected chi connectivity index (χ2v) is 3.64. The van der Waals surface area contributed by atoms with Crippen molar-refractivity contribution in [3.05, 3.63) is 24.3 Å². The molecule has 0 aromatic heterocycles. The van der Waals surface area contributed by atoms with Gasteiger partial charge in [0.2, 0.25) is 0 Å². The Morgan fingerprint density at radius 3 is 2.47 bits per heavy atom. The molecule has 2 rings (SSSR count). The molecule has 1 N–H and O–H groups in total. The third kappa shape index (κ3) is 3.93. The highest BCUT2D eigenvalue weighted by molar-refractivity contribution is 5.58. The summed E-state index contributed by atoms with van der Waals surface area (Å²) in [5.41, 5.74) is 1.22. The van der Waals surface area contributed by atoms with E-state index < -0.39 is 0 Å². The van der Waals surface area contributed by atoms with Crippen molar-refractivity contribution in [2.45, 2.75) is 20.8 Å². The summed E-state index contributed by atoms with van der Waals surface area (Å²) in [5.74, 6) is 1.00. The topological polar surface area (TPSA) is 24.5 Å². The van der Waals surface area contributed by atoms with Gasteiger partial charge >= 0.3 is 0 Å². The number of rotatable bonds is 3. The minimum Gasteiger partial charge on any atom is -0.492 e. The molecule has 0 amide bonds. The fraction of sp³-hybridized carbons (Fsp3) is 0.571. The summed E-state index contributed by atoms with van der Waals surface area (Å²) in [4.78, 5) is 2.38. The van der Waals surface area contributed by atoms with E-state index in [9.17, 15) is 0 Å². The van der Waals surface area contributed by atoms with Crippen LogP contribution in [0.15, 0.2) is 24.3 Å². The first-order chi connectivity index (χ1) is 8.42. The van der Waals surface area contributed by atoms with Gasteiger partial charge in [-0.05, 0) is 19.1 Å². The highest BCUT2D eigenvalue weighted by Crippen LogP contribution is 2.27. The maximum Gasteiger partial charge on any atom is 0.142 e. The number of hydrogen-bond acceptors (Lipinski definition) is 3. The molecule has 1 aliphatic rings. The van der Waals surface area contributed by atoms with Crippen molar-refractivity contribution in [2.24, 2.45) is 0 Å². The first-order valence-electron chi connectivity index (χ1n) is 6.59. The number of ether oxygens (including phenoxy) is 1. The Hall–Kier alpha value is -1.22. The van der Waals surface area contributed by atoms with Crippen LogP contribution >= 0.6 is 0 Å². The Balaban J connectivity index is 0.000000686. The van der Waals surface area contributed by atoms with E-state index in [1.54, 1.807) is 0 Å². The van der Waals surface area contributed by atoms with E-state index in [1.807, 2.05) is 32.9 Å². The minimum atomic E-state index is 0.725. The average molecular weight is 236 g/mol. The summed E-state index contributed by atoms with van der Waals surface area (Å²) >= 11 is 0. The number of anilines is 1. The van der Waals surface area contributed by atoms with Crippen LogP contribution in [0.25, 0.3) is 0 Å². The van der Waals surface area contributed by atoms with E-state index in [4.69, 9.17) is 4.74 Å². The zero-order valence-electron chi connectivity index (χ0n) is 11.2. The Morgan fingerprint density at radius 2 is 1.82 bits per heavy atom. The largest absolute Gasteiger partial charge is 0.492 e. The minimum absolute atomic E-state index is 0.725. The zero-order chi connectivity index (χ0) is 12.5. The van der Waals surface area contributed by atoms with Gasteiger partial charge in [-0.3, -0.25) is 0 Å². The molecule has 3 nitrogen and oxygen atoms in total. The third-order valence-corrected chi connectivity index (χ3v) is 2.62.